The molecule has 0 aromatic carbocycles. The number of halogens is 1. The smallest absolute Gasteiger partial charge is 0.191 e. The van der Waals surface area contributed by atoms with Crippen molar-refractivity contribution in [2.45, 2.75) is 31.3 Å². The number of nitrogen functional groups attached to an aromatic ring is 2. The molecule has 8 heteroatoms. The number of nitrogens with zero attached hydrogens (tertiary/aromatic N) is 4. The van der Waals surface area contributed by atoms with Crippen molar-refractivity contribution >= 4 is 39.3 Å². The second kappa shape index (κ2) is 5.79. The van der Waals surface area contributed by atoms with Crippen LogP contribution in [0.3, 0.4) is 0 Å². The van der Waals surface area contributed by atoms with Gasteiger partial charge in [0.1, 0.15) is 11.6 Å². The summed E-state index contributed by atoms with van der Waals surface area (Å²) in [6.45, 7) is 4.85. The molecular weight excluding hydrogens is 328 g/mol. The average molecular weight is 343 g/mol. The molecule has 0 unspecified atom stereocenters. The Morgan fingerprint density at radius 3 is 2.53 bits per heavy atom. The predicted octanol–water partition coefficient (Wildman–Crippen LogP) is 2.22. The number of thioether (sulfide) groups is 1. The lowest BCUT2D eigenvalue weighted by atomic mass is 10.4. The van der Waals surface area contributed by atoms with Crippen LogP contribution in [0.2, 0.25) is 0 Å². The van der Waals surface area contributed by atoms with Crippen molar-refractivity contribution in [2.24, 2.45) is 0 Å². The molecule has 2 aromatic heterocycles. The van der Waals surface area contributed by atoms with Gasteiger partial charge in [0.25, 0.3) is 0 Å². The zero-order chi connectivity index (χ0) is 14.0. The highest BCUT2D eigenvalue weighted by Gasteiger charge is 2.13. The van der Waals surface area contributed by atoms with Crippen LogP contribution in [-0.2, 0) is 12.3 Å². The van der Waals surface area contributed by atoms with E-state index in [0.717, 1.165) is 22.4 Å². The standard InChI is InChI=1S/C11H15BrN6S/c1-3-18-7(10(12)6(2)17-18)5-19-11-15-8(13)4-9(14)16-11/h4H,3,5H2,1-2H3,(H4,13,14,15,16). The number of nitrogens with two attached hydrogens (primary N) is 2. The molecule has 4 N–H and O–H groups in total. The van der Waals surface area contributed by atoms with Crippen LogP contribution in [0.5, 0.6) is 0 Å². The van der Waals surface area contributed by atoms with E-state index in [2.05, 4.69) is 37.9 Å². The van der Waals surface area contributed by atoms with Crippen molar-refractivity contribution < 1.29 is 0 Å². The summed E-state index contributed by atoms with van der Waals surface area (Å²) in [6.07, 6.45) is 0. The van der Waals surface area contributed by atoms with E-state index in [4.69, 9.17) is 11.5 Å². The molecule has 0 aliphatic carbocycles. The first-order valence-electron chi connectivity index (χ1n) is 5.76. The Morgan fingerprint density at radius 1 is 1.32 bits per heavy atom. The van der Waals surface area contributed by atoms with E-state index in [1.165, 1.54) is 11.8 Å². The highest BCUT2D eigenvalue weighted by molar-refractivity contribution is 9.10. The second-order valence-corrected chi connectivity index (χ2v) is 5.69. The predicted molar refractivity (Wildman–Crippen MR) is 80.8 cm³/mol. The Morgan fingerprint density at radius 2 is 1.95 bits per heavy atom. The lowest BCUT2D eigenvalue weighted by Gasteiger charge is -2.05. The number of aryl methyl sites for hydroxylation is 2. The first kappa shape index (κ1) is 14.1. The van der Waals surface area contributed by atoms with Crippen LogP contribution in [0.4, 0.5) is 11.6 Å². The Bertz CT molecular complexity index is 577. The van der Waals surface area contributed by atoms with Gasteiger partial charge in [0.15, 0.2) is 5.16 Å². The third-order valence-electron chi connectivity index (χ3n) is 2.54. The largest absolute Gasteiger partial charge is 0.383 e. The van der Waals surface area contributed by atoms with Crippen LogP contribution in [0, 0.1) is 6.92 Å². The van der Waals surface area contributed by atoms with Crippen LogP contribution in [-0.4, -0.2) is 19.7 Å². The summed E-state index contributed by atoms with van der Waals surface area (Å²) in [4.78, 5) is 8.29. The summed E-state index contributed by atoms with van der Waals surface area (Å²) in [6, 6.07) is 1.54. The van der Waals surface area contributed by atoms with Crippen LogP contribution in [0.1, 0.15) is 18.3 Å². The van der Waals surface area contributed by atoms with Gasteiger partial charge in [0.2, 0.25) is 0 Å². The zero-order valence-electron chi connectivity index (χ0n) is 10.7. The van der Waals surface area contributed by atoms with Gasteiger partial charge in [-0.2, -0.15) is 5.10 Å². The number of rotatable bonds is 4. The minimum absolute atomic E-state index is 0.384. The highest BCUT2D eigenvalue weighted by Crippen LogP contribution is 2.28. The fourth-order valence-electron chi connectivity index (χ4n) is 1.67. The third kappa shape index (κ3) is 3.19. The lowest BCUT2D eigenvalue weighted by molar-refractivity contribution is 0.631. The number of anilines is 2. The van der Waals surface area contributed by atoms with Gasteiger partial charge in [-0.3, -0.25) is 4.68 Å². The van der Waals surface area contributed by atoms with Gasteiger partial charge in [-0.05, 0) is 29.8 Å². The molecule has 2 aromatic rings. The van der Waals surface area contributed by atoms with Gasteiger partial charge in [0.05, 0.1) is 15.9 Å². The minimum Gasteiger partial charge on any atom is -0.383 e. The van der Waals surface area contributed by atoms with E-state index in [1.54, 1.807) is 6.07 Å². The lowest BCUT2D eigenvalue weighted by Crippen LogP contribution is -2.03. The first-order chi connectivity index (χ1) is 9.01. The molecule has 0 atom stereocenters. The Kier molecular flexibility index (Phi) is 4.31. The summed E-state index contributed by atoms with van der Waals surface area (Å²) < 4.78 is 2.99. The Labute approximate surface area is 124 Å². The molecule has 0 bridgehead atoms. The van der Waals surface area contributed by atoms with Crippen molar-refractivity contribution in [1.29, 1.82) is 0 Å². The summed E-state index contributed by atoms with van der Waals surface area (Å²) in [5.74, 6) is 1.47. The molecule has 19 heavy (non-hydrogen) atoms. The zero-order valence-corrected chi connectivity index (χ0v) is 13.1. The molecule has 6 nitrogen and oxygen atoms in total. The number of hydrogen-bond acceptors (Lipinski definition) is 6. The van der Waals surface area contributed by atoms with Gasteiger partial charge >= 0.3 is 0 Å². The van der Waals surface area contributed by atoms with E-state index in [1.807, 2.05) is 11.6 Å². The molecule has 0 aliphatic rings. The minimum atomic E-state index is 0.384. The Hall–Kier alpha value is -1.28. The van der Waals surface area contributed by atoms with Crippen molar-refractivity contribution in [3.8, 4) is 0 Å². The van der Waals surface area contributed by atoms with Crippen LogP contribution in [0.15, 0.2) is 15.7 Å². The second-order valence-electron chi connectivity index (χ2n) is 3.95. The normalized spacial score (nSPS) is 10.9. The van der Waals surface area contributed by atoms with E-state index in [9.17, 15) is 0 Å². The molecule has 0 saturated heterocycles. The van der Waals surface area contributed by atoms with Crippen molar-refractivity contribution in [3.63, 3.8) is 0 Å². The van der Waals surface area contributed by atoms with Crippen LogP contribution < -0.4 is 11.5 Å². The molecule has 0 spiro atoms. The molecule has 0 fully saturated rings. The van der Waals surface area contributed by atoms with Crippen molar-refractivity contribution in [3.05, 3.63) is 21.9 Å². The van der Waals surface area contributed by atoms with Gasteiger partial charge in [-0.25, -0.2) is 9.97 Å². The van der Waals surface area contributed by atoms with Gasteiger partial charge in [-0.15, -0.1) is 0 Å². The van der Waals surface area contributed by atoms with Gasteiger partial charge in [0, 0.05) is 18.4 Å². The molecule has 2 heterocycles. The Balaban J connectivity index is 2.18. The molecule has 0 radical (unpaired) electrons. The first-order valence-corrected chi connectivity index (χ1v) is 7.53. The summed E-state index contributed by atoms with van der Waals surface area (Å²) >= 11 is 5.04. The van der Waals surface area contributed by atoms with E-state index in [-0.39, 0.29) is 0 Å². The average Bonchev–Trinajstić information content (AvgIpc) is 2.62. The monoisotopic (exact) mass is 342 g/mol. The van der Waals surface area contributed by atoms with E-state index >= 15 is 0 Å². The summed E-state index contributed by atoms with van der Waals surface area (Å²) in [5.41, 5.74) is 13.4. The van der Waals surface area contributed by atoms with E-state index < -0.39 is 0 Å². The quantitative estimate of drug-likeness (QED) is 0.653. The molecule has 2 rings (SSSR count). The molecule has 0 aliphatic heterocycles. The maximum absolute atomic E-state index is 5.65. The van der Waals surface area contributed by atoms with Crippen LogP contribution >= 0.6 is 27.7 Å². The number of hydrogen-bond donors (Lipinski definition) is 2. The van der Waals surface area contributed by atoms with Crippen LogP contribution in [0.25, 0.3) is 0 Å². The highest BCUT2D eigenvalue weighted by atomic mass is 79.9. The van der Waals surface area contributed by atoms with Crippen molar-refractivity contribution in [2.75, 3.05) is 11.5 Å². The summed E-state index contributed by atoms with van der Waals surface area (Å²) in [5, 5.41) is 5.02. The van der Waals surface area contributed by atoms with Gasteiger partial charge < -0.3 is 11.5 Å². The SMILES string of the molecule is CCn1nc(C)c(Br)c1CSc1nc(N)cc(N)n1. The molecule has 0 amide bonds. The fraction of sp³-hybridized carbons (Fsp3) is 0.364. The maximum Gasteiger partial charge on any atom is 0.191 e. The molecule has 0 saturated carbocycles. The molecular formula is C11H15BrN6S. The van der Waals surface area contributed by atoms with Gasteiger partial charge in [-0.1, -0.05) is 11.8 Å². The topological polar surface area (TPSA) is 95.6 Å². The van der Waals surface area contributed by atoms with Crippen molar-refractivity contribution in [1.82, 2.24) is 19.7 Å². The molecule has 102 valence electrons. The maximum atomic E-state index is 5.65. The number of aromatic nitrogens is 4. The summed E-state index contributed by atoms with van der Waals surface area (Å²) in [7, 11) is 0. The fourth-order valence-corrected chi connectivity index (χ4v) is 3.18. The van der Waals surface area contributed by atoms with E-state index in [0.29, 0.717) is 22.5 Å². The third-order valence-corrected chi connectivity index (χ3v) is 4.43.